The lowest BCUT2D eigenvalue weighted by molar-refractivity contribution is 0.101. The van der Waals surface area contributed by atoms with Gasteiger partial charge in [-0.3, -0.25) is 4.79 Å². The Kier molecular flexibility index (Phi) is 5.57. The van der Waals surface area contributed by atoms with E-state index in [0.29, 0.717) is 23.7 Å². The van der Waals surface area contributed by atoms with Crippen molar-refractivity contribution in [2.45, 2.75) is 13.3 Å². The molecule has 0 aliphatic rings. The minimum absolute atomic E-state index is 0.0000710. The maximum atomic E-state index is 11.2. The van der Waals surface area contributed by atoms with E-state index in [1.165, 1.54) is 12.5 Å². The molecule has 0 N–H and O–H groups in total. The molecule has 0 heterocycles. The highest BCUT2D eigenvalue weighted by atomic mass is 35.5. The molecule has 0 bridgehead atoms. The summed E-state index contributed by atoms with van der Waals surface area (Å²) < 4.78 is 10.7. The maximum absolute atomic E-state index is 11.2. The molecule has 1 rings (SSSR count). The van der Waals surface area contributed by atoms with Gasteiger partial charge in [-0.05, 0) is 25.1 Å². The van der Waals surface area contributed by atoms with Crippen LogP contribution in [0.1, 0.15) is 23.7 Å². The number of halogens is 1. The molecule has 92 valence electrons. The van der Waals surface area contributed by atoms with Crippen LogP contribution < -0.4 is 9.47 Å². The van der Waals surface area contributed by atoms with Gasteiger partial charge in [-0.15, -0.1) is 0 Å². The van der Waals surface area contributed by atoms with Crippen LogP contribution in [0.5, 0.6) is 11.5 Å². The summed E-state index contributed by atoms with van der Waals surface area (Å²) in [7, 11) is 1.55. The molecule has 0 atom stereocenters. The molecule has 0 aliphatic heterocycles. The summed E-state index contributed by atoms with van der Waals surface area (Å²) >= 11 is 5.40. The van der Waals surface area contributed by atoms with Gasteiger partial charge in [0.1, 0.15) is 0 Å². The lowest BCUT2D eigenvalue weighted by atomic mass is 10.1. The number of hydrogen-bond acceptors (Lipinski definition) is 3. The summed E-state index contributed by atoms with van der Waals surface area (Å²) in [5, 5.41) is 0. The fourth-order valence-corrected chi connectivity index (χ4v) is 1.43. The molecule has 0 fully saturated rings. The maximum Gasteiger partial charge on any atom is 0.161 e. The van der Waals surface area contributed by atoms with E-state index in [9.17, 15) is 4.79 Å². The molecule has 0 saturated carbocycles. The van der Waals surface area contributed by atoms with Crippen molar-refractivity contribution in [2.75, 3.05) is 13.7 Å². The smallest absolute Gasteiger partial charge is 0.161 e. The molecular formula is C13H15ClO3. The van der Waals surface area contributed by atoms with Crippen LogP contribution in [0.2, 0.25) is 0 Å². The first-order valence-electron chi connectivity index (χ1n) is 5.26. The first-order valence-corrected chi connectivity index (χ1v) is 5.69. The second-order valence-electron chi connectivity index (χ2n) is 3.42. The van der Waals surface area contributed by atoms with E-state index < -0.39 is 0 Å². The predicted octanol–water partition coefficient (Wildman–Crippen LogP) is 3.42. The highest BCUT2D eigenvalue weighted by Gasteiger charge is 2.07. The van der Waals surface area contributed by atoms with E-state index in [1.54, 1.807) is 31.4 Å². The van der Waals surface area contributed by atoms with Crippen LogP contribution in [-0.2, 0) is 0 Å². The number of carbonyl (C=O) groups excluding carboxylic acids is 1. The van der Waals surface area contributed by atoms with Crippen molar-refractivity contribution >= 4 is 17.4 Å². The molecule has 3 nitrogen and oxygen atoms in total. The van der Waals surface area contributed by atoms with E-state index in [0.717, 1.165) is 6.42 Å². The second kappa shape index (κ2) is 6.97. The fourth-order valence-electron chi connectivity index (χ4n) is 1.31. The van der Waals surface area contributed by atoms with Gasteiger partial charge in [0, 0.05) is 17.5 Å². The summed E-state index contributed by atoms with van der Waals surface area (Å²) in [6.07, 6.45) is 2.53. The van der Waals surface area contributed by atoms with Gasteiger partial charge >= 0.3 is 0 Å². The third-order valence-electron chi connectivity index (χ3n) is 2.20. The normalized spacial score (nSPS) is 10.5. The van der Waals surface area contributed by atoms with E-state index in [4.69, 9.17) is 21.1 Å². The monoisotopic (exact) mass is 254 g/mol. The van der Waals surface area contributed by atoms with E-state index >= 15 is 0 Å². The second-order valence-corrected chi connectivity index (χ2v) is 3.67. The van der Waals surface area contributed by atoms with Crippen molar-refractivity contribution in [1.29, 1.82) is 0 Å². The summed E-state index contributed by atoms with van der Waals surface area (Å²) in [6.45, 7) is 2.03. The van der Waals surface area contributed by atoms with E-state index in [-0.39, 0.29) is 5.78 Å². The minimum Gasteiger partial charge on any atom is -0.493 e. The van der Waals surface area contributed by atoms with E-state index in [2.05, 4.69) is 0 Å². The average Bonchev–Trinajstić information content (AvgIpc) is 2.34. The van der Waals surface area contributed by atoms with Gasteiger partial charge in [-0.2, -0.15) is 0 Å². The first-order chi connectivity index (χ1) is 8.19. The summed E-state index contributed by atoms with van der Waals surface area (Å²) in [5.74, 6) is 1.19. The molecular weight excluding hydrogens is 240 g/mol. The molecule has 4 heteroatoms. The molecule has 0 saturated heterocycles. The number of Topliss-reactive ketones (excluding diaryl/α,β-unsaturated/α-hetero) is 1. The van der Waals surface area contributed by atoms with Gasteiger partial charge in [0.05, 0.1) is 13.7 Å². The summed E-state index contributed by atoms with van der Waals surface area (Å²) in [6, 6.07) is 5.13. The standard InChI is InChI=1S/C13H15ClO3/c1-10(15)11-5-6-12(13(9-11)16-2)17-8-4-3-7-14/h3,5-7,9H,4,8H2,1-2H3/b7-3-. The lowest BCUT2D eigenvalue weighted by Gasteiger charge is -2.10. The Labute approximate surface area is 106 Å². The fraction of sp³-hybridized carbons (Fsp3) is 0.308. The number of ketones is 1. The van der Waals surface area contributed by atoms with Crippen LogP contribution in [0.15, 0.2) is 29.8 Å². The van der Waals surface area contributed by atoms with Crippen molar-refractivity contribution in [3.63, 3.8) is 0 Å². The zero-order valence-electron chi connectivity index (χ0n) is 9.90. The predicted molar refractivity (Wildman–Crippen MR) is 68.1 cm³/mol. The highest BCUT2D eigenvalue weighted by Crippen LogP contribution is 2.28. The van der Waals surface area contributed by atoms with Crippen molar-refractivity contribution in [1.82, 2.24) is 0 Å². The van der Waals surface area contributed by atoms with Gasteiger partial charge in [0.15, 0.2) is 17.3 Å². The van der Waals surface area contributed by atoms with Crippen molar-refractivity contribution in [3.8, 4) is 11.5 Å². The summed E-state index contributed by atoms with van der Waals surface area (Å²) in [4.78, 5) is 11.2. The van der Waals surface area contributed by atoms with E-state index in [1.807, 2.05) is 0 Å². The van der Waals surface area contributed by atoms with Crippen LogP contribution in [0.4, 0.5) is 0 Å². The Morgan fingerprint density at radius 1 is 1.41 bits per heavy atom. The third-order valence-corrected chi connectivity index (χ3v) is 2.38. The Bertz CT molecular complexity index is 413. The quantitative estimate of drug-likeness (QED) is 0.576. The van der Waals surface area contributed by atoms with Gasteiger partial charge in [0.2, 0.25) is 0 Å². The molecule has 0 aliphatic carbocycles. The minimum atomic E-state index is -0.0000710. The number of benzene rings is 1. The lowest BCUT2D eigenvalue weighted by Crippen LogP contribution is -2.00. The molecule has 0 unspecified atom stereocenters. The number of ether oxygens (including phenoxy) is 2. The van der Waals surface area contributed by atoms with Crippen molar-refractivity contribution in [3.05, 3.63) is 35.4 Å². The van der Waals surface area contributed by atoms with Crippen LogP contribution in [0.3, 0.4) is 0 Å². The Morgan fingerprint density at radius 2 is 2.18 bits per heavy atom. The molecule has 0 aromatic heterocycles. The number of carbonyl (C=O) groups is 1. The average molecular weight is 255 g/mol. The Morgan fingerprint density at radius 3 is 2.76 bits per heavy atom. The SMILES string of the molecule is COc1cc(C(C)=O)ccc1OCC/C=C\Cl. The van der Waals surface area contributed by atoms with Crippen molar-refractivity contribution < 1.29 is 14.3 Å². The highest BCUT2D eigenvalue weighted by molar-refractivity contribution is 6.25. The van der Waals surface area contributed by atoms with Gasteiger partial charge in [-0.25, -0.2) is 0 Å². The third kappa shape index (κ3) is 4.11. The van der Waals surface area contributed by atoms with Crippen LogP contribution in [0.25, 0.3) is 0 Å². The van der Waals surface area contributed by atoms with Crippen LogP contribution in [-0.4, -0.2) is 19.5 Å². The number of methoxy groups -OCH3 is 1. The molecule has 1 aromatic carbocycles. The topological polar surface area (TPSA) is 35.5 Å². The first kappa shape index (κ1) is 13.6. The number of hydrogen-bond donors (Lipinski definition) is 0. The molecule has 0 spiro atoms. The van der Waals surface area contributed by atoms with Gasteiger partial charge in [0.25, 0.3) is 0 Å². The number of rotatable bonds is 6. The zero-order valence-corrected chi connectivity index (χ0v) is 10.7. The van der Waals surface area contributed by atoms with Crippen LogP contribution in [0, 0.1) is 0 Å². The molecule has 1 aromatic rings. The van der Waals surface area contributed by atoms with Gasteiger partial charge in [-0.1, -0.05) is 17.7 Å². The molecule has 0 amide bonds. The van der Waals surface area contributed by atoms with Gasteiger partial charge < -0.3 is 9.47 Å². The Hall–Kier alpha value is -1.48. The molecule has 0 radical (unpaired) electrons. The van der Waals surface area contributed by atoms with Crippen molar-refractivity contribution in [2.24, 2.45) is 0 Å². The largest absolute Gasteiger partial charge is 0.493 e. The molecule has 17 heavy (non-hydrogen) atoms. The summed E-state index contributed by atoms with van der Waals surface area (Å²) in [5.41, 5.74) is 2.06. The Balaban J connectivity index is 2.74. The van der Waals surface area contributed by atoms with Crippen LogP contribution >= 0.6 is 11.6 Å². The zero-order chi connectivity index (χ0) is 12.7.